The van der Waals surface area contributed by atoms with Crippen molar-refractivity contribution in [2.75, 3.05) is 20.0 Å². The summed E-state index contributed by atoms with van der Waals surface area (Å²) in [7, 11) is 0. The van der Waals surface area contributed by atoms with E-state index >= 15 is 0 Å². The van der Waals surface area contributed by atoms with Crippen LogP contribution in [0.3, 0.4) is 0 Å². The smallest absolute Gasteiger partial charge is 0.306 e. The highest BCUT2D eigenvalue weighted by molar-refractivity contribution is 6.34. The fourth-order valence-corrected chi connectivity index (χ4v) is 3.99. The van der Waals surface area contributed by atoms with E-state index in [4.69, 9.17) is 40.1 Å². The average molecular weight is 459 g/mol. The number of fused-ring (bicyclic) bond motifs is 2. The predicted octanol–water partition coefficient (Wildman–Crippen LogP) is 4.10. The maximum Gasteiger partial charge on any atom is 0.306 e. The summed E-state index contributed by atoms with van der Waals surface area (Å²) < 4.78 is 28.5. The zero-order valence-corrected chi connectivity index (χ0v) is 17.6. The molecule has 3 aromatic rings. The van der Waals surface area contributed by atoms with Gasteiger partial charge in [-0.15, -0.1) is 0 Å². The van der Waals surface area contributed by atoms with Gasteiger partial charge in [-0.1, -0.05) is 17.7 Å². The van der Waals surface area contributed by atoms with Gasteiger partial charge in [-0.2, -0.15) is 0 Å². The van der Waals surface area contributed by atoms with Crippen LogP contribution in [-0.4, -0.2) is 37.2 Å². The van der Waals surface area contributed by atoms with Gasteiger partial charge in [0.2, 0.25) is 6.79 Å². The Morgan fingerprint density at radius 1 is 1.12 bits per heavy atom. The third-order valence-electron chi connectivity index (χ3n) is 5.59. The molecule has 1 aliphatic heterocycles. The fraction of sp³-hybridized carbons (Fsp3) is 0.304. The highest BCUT2D eigenvalue weighted by Crippen LogP contribution is 2.43. The molecule has 1 N–H and O–H groups in total. The molecule has 9 heteroatoms. The SMILES string of the molecule is O=c1cc(-c2cc3c(cc2OCCO[C@H]2C[C@H](C(=O)O)C2)OCO3)oc2c(Cl)cccc12. The molecule has 0 amide bonds. The number of hydrogen-bond acceptors (Lipinski definition) is 7. The summed E-state index contributed by atoms with van der Waals surface area (Å²) in [6.07, 6.45) is 0.942. The standard InChI is InChI=1S/C23H19ClO8/c24-16-3-1-2-14-17(25)9-19(32-22(14)16)15-8-20-21(31-11-30-20)10-18(15)29-5-4-28-13-6-12(7-13)23(26)27/h1-3,8-10,12-13H,4-7,11H2,(H,26,27)/t12-,13-. The average Bonchev–Trinajstić information content (AvgIpc) is 3.19. The molecule has 1 aromatic heterocycles. The third-order valence-corrected chi connectivity index (χ3v) is 5.88. The Labute approximate surface area is 187 Å². The largest absolute Gasteiger partial charge is 0.490 e. The van der Waals surface area contributed by atoms with E-state index in [0.29, 0.717) is 58.3 Å². The Balaban J connectivity index is 1.38. The van der Waals surface area contributed by atoms with Gasteiger partial charge in [-0.3, -0.25) is 9.59 Å². The fourth-order valence-electron chi connectivity index (χ4n) is 3.78. The van der Waals surface area contributed by atoms with Crippen LogP contribution in [0.2, 0.25) is 5.02 Å². The molecule has 2 aliphatic rings. The Morgan fingerprint density at radius 2 is 1.91 bits per heavy atom. The van der Waals surface area contributed by atoms with Crippen LogP contribution in [0.15, 0.2) is 45.6 Å². The molecule has 0 spiro atoms. The number of halogens is 1. The molecule has 1 fully saturated rings. The number of benzene rings is 2. The summed E-state index contributed by atoms with van der Waals surface area (Å²) >= 11 is 6.24. The first kappa shape index (κ1) is 20.7. The first-order valence-electron chi connectivity index (χ1n) is 10.1. The van der Waals surface area contributed by atoms with Crippen molar-refractivity contribution in [3.05, 3.63) is 51.6 Å². The summed E-state index contributed by atoms with van der Waals surface area (Å²) in [5, 5.41) is 9.67. The minimum atomic E-state index is -0.789. The van der Waals surface area contributed by atoms with Crippen molar-refractivity contribution in [3.63, 3.8) is 0 Å². The van der Waals surface area contributed by atoms with Crippen LogP contribution < -0.4 is 19.6 Å². The lowest BCUT2D eigenvalue weighted by Gasteiger charge is -2.32. The van der Waals surface area contributed by atoms with Gasteiger partial charge in [0.05, 0.1) is 34.6 Å². The first-order chi connectivity index (χ1) is 15.5. The van der Waals surface area contributed by atoms with Gasteiger partial charge in [-0.25, -0.2) is 0 Å². The number of carboxylic acids is 1. The van der Waals surface area contributed by atoms with Crippen LogP contribution in [0.25, 0.3) is 22.3 Å². The molecule has 0 bridgehead atoms. The number of aliphatic carboxylic acids is 1. The molecule has 0 radical (unpaired) electrons. The molecule has 0 atom stereocenters. The van der Waals surface area contributed by atoms with E-state index in [2.05, 4.69) is 0 Å². The predicted molar refractivity (Wildman–Crippen MR) is 115 cm³/mol. The highest BCUT2D eigenvalue weighted by atomic mass is 35.5. The Kier molecular flexibility index (Phi) is 5.40. The number of hydrogen-bond donors (Lipinski definition) is 1. The molecule has 0 saturated heterocycles. The molecule has 1 saturated carbocycles. The van der Waals surface area contributed by atoms with Crippen LogP contribution in [-0.2, 0) is 9.53 Å². The lowest BCUT2D eigenvalue weighted by Crippen LogP contribution is -2.37. The molecular weight excluding hydrogens is 440 g/mol. The van der Waals surface area contributed by atoms with Gasteiger partial charge < -0.3 is 28.5 Å². The number of para-hydroxylation sites is 1. The normalized spacial score (nSPS) is 19.0. The van der Waals surface area contributed by atoms with E-state index < -0.39 is 5.97 Å². The second-order valence-electron chi connectivity index (χ2n) is 7.64. The summed E-state index contributed by atoms with van der Waals surface area (Å²) in [6, 6.07) is 9.76. The molecular formula is C23H19ClO8. The summed E-state index contributed by atoms with van der Waals surface area (Å²) in [4.78, 5) is 23.5. The second-order valence-corrected chi connectivity index (χ2v) is 8.05. The minimum absolute atomic E-state index is 0.0726. The lowest BCUT2D eigenvalue weighted by molar-refractivity contribution is -0.151. The molecule has 2 heterocycles. The first-order valence-corrected chi connectivity index (χ1v) is 10.5. The number of carbonyl (C=O) groups is 1. The zero-order valence-electron chi connectivity index (χ0n) is 16.8. The molecule has 0 unspecified atom stereocenters. The maximum absolute atomic E-state index is 12.6. The Hall–Kier alpha value is -3.23. The minimum Gasteiger partial charge on any atom is -0.490 e. The molecule has 32 heavy (non-hydrogen) atoms. The van der Waals surface area contributed by atoms with Crippen molar-refractivity contribution in [1.29, 1.82) is 0 Å². The monoisotopic (exact) mass is 458 g/mol. The van der Waals surface area contributed by atoms with Crippen LogP contribution in [0.5, 0.6) is 17.2 Å². The number of carboxylic acid groups (broad SMARTS) is 1. The van der Waals surface area contributed by atoms with Crippen LogP contribution in [0, 0.1) is 5.92 Å². The van der Waals surface area contributed by atoms with Crippen molar-refractivity contribution in [2.45, 2.75) is 18.9 Å². The molecule has 166 valence electrons. The highest BCUT2D eigenvalue weighted by Gasteiger charge is 2.35. The van der Waals surface area contributed by atoms with Gasteiger partial charge >= 0.3 is 5.97 Å². The lowest BCUT2D eigenvalue weighted by atomic mass is 9.82. The van der Waals surface area contributed by atoms with E-state index in [1.54, 1.807) is 30.3 Å². The Bertz CT molecular complexity index is 1240. The molecule has 1 aliphatic carbocycles. The van der Waals surface area contributed by atoms with Gasteiger partial charge in [0.1, 0.15) is 18.1 Å². The zero-order chi connectivity index (χ0) is 22.2. The summed E-state index contributed by atoms with van der Waals surface area (Å²) in [5.41, 5.74) is 0.581. The summed E-state index contributed by atoms with van der Waals surface area (Å²) in [5.74, 6) is 0.637. The van der Waals surface area contributed by atoms with Crippen molar-refractivity contribution in [1.82, 2.24) is 0 Å². The van der Waals surface area contributed by atoms with Gasteiger partial charge in [0.15, 0.2) is 22.5 Å². The van der Waals surface area contributed by atoms with Crippen molar-refractivity contribution >= 4 is 28.5 Å². The Morgan fingerprint density at radius 3 is 2.69 bits per heavy atom. The van der Waals surface area contributed by atoms with Crippen LogP contribution in [0.1, 0.15) is 12.8 Å². The maximum atomic E-state index is 12.6. The van der Waals surface area contributed by atoms with Crippen molar-refractivity contribution < 1.29 is 33.3 Å². The van der Waals surface area contributed by atoms with Gasteiger partial charge in [0, 0.05) is 12.1 Å². The van der Waals surface area contributed by atoms with Crippen molar-refractivity contribution in [2.24, 2.45) is 5.92 Å². The third kappa shape index (κ3) is 3.87. The van der Waals surface area contributed by atoms with E-state index in [9.17, 15) is 9.59 Å². The topological polar surface area (TPSA) is 104 Å². The van der Waals surface area contributed by atoms with E-state index in [-0.39, 0.29) is 36.6 Å². The van der Waals surface area contributed by atoms with E-state index in [1.807, 2.05) is 0 Å². The van der Waals surface area contributed by atoms with E-state index in [1.165, 1.54) is 6.07 Å². The number of ether oxygens (including phenoxy) is 4. The van der Waals surface area contributed by atoms with Crippen LogP contribution in [0.4, 0.5) is 0 Å². The molecule has 8 nitrogen and oxygen atoms in total. The quantitative estimate of drug-likeness (QED) is 0.528. The summed E-state index contributed by atoms with van der Waals surface area (Å²) in [6.45, 7) is 0.596. The number of rotatable bonds is 7. The molecule has 5 rings (SSSR count). The van der Waals surface area contributed by atoms with Crippen molar-refractivity contribution in [3.8, 4) is 28.6 Å². The van der Waals surface area contributed by atoms with E-state index in [0.717, 1.165) is 0 Å². The van der Waals surface area contributed by atoms with Gasteiger partial charge in [0.25, 0.3) is 0 Å². The molecule has 2 aromatic carbocycles. The second kappa shape index (κ2) is 8.37. The van der Waals surface area contributed by atoms with Gasteiger partial charge in [-0.05, 0) is 31.0 Å². The van der Waals surface area contributed by atoms with Crippen LogP contribution >= 0.6 is 11.6 Å².